The molecular formula is C17H30N2O2. The number of rotatable bonds is 8. The maximum atomic E-state index is 9.93. The average Bonchev–Trinajstić information content (AvgIpc) is 2.42. The minimum atomic E-state index is -0.0944. The highest BCUT2D eigenvalue weighted by Gasteiger charge is 2.22. The number of likely N-dealkylation sites (N-methyl/N-ethyl adjacent to an activating group) is 1. The number of nitrogens with one attached hydrogen (secondary N) is 1. The lowest BCUT2D eigenvalue weighted by atomic mass is 9.93. The van der Waals surface area contributed by atoms with Gasteiger partial charge in [0.25, 0.3) is 0 Å². The molecule has 3 N–H and O–H groups in total. The fourth-order valence-electron chi connectivity index (χ4n) is 2.99. The van der Waals surface area contributed by atoms with E-state index in [4.69, 9.17) is 0 Å². The zero-order valence-corrected chi connectivity index (χ0v) is 13.9. The maximum Gasteiger partial charge on any atom is 0.124 e. The van der Waals surface area contributed by atoms with Gasteiger partial charge < -0.3 is 20.4 Å². The van der Waals surface area contributed by atoms with E-state index in [1.807, 2.05) is 6.92 Å². The number of hydrogen-bond donors (Lipinski definition) is 3. The predicted octanol–water partition coefficient (Wildman–Crippen LogP) is 3.11. The number of hydrogen-bond acceptors (Lipinski definition) is 4. The molecule has 2 atom stereocenters. The molecular weight excluding hydrogens is 264 g/mol. The highest BCUT2D eigenvalue weighted by molar-refractivity contribution is 5.44. The van der Waals surface area contributed by atoms with Crippen LogP contribution in [0.5, 0.6) is 11.5 Å². The van der Waals surface area contributed by atoms with Gasteiger partial charge in [0.1, 0.15) is 11.5 Å². The number of phenols is 2. The summed E-state index contributed by atoms with van der Waals surface area (Å²) in [6, 6.07) is 5.21. The smallest absolute Gasteiger partial charge is 0.124 e. The molecule has 0 amide bonds. The Morgan fingerprint density at radius 2 is 1.62 bits per heavy atom. The Kier molecular flexibility index (Phi) is 6.99. The third kappa shape index (κ3) is 4.61. The van der Waals surface area contributed by atoms with Crippen LogP contribution in [0.3, 0.4) is 0 Å². The molecule has 4 heteroatoms. The lowest BCUT2D eigenvalue weighted by molar-refractivity contribution is 0.190. The highest BCUT2D eigenvalue weighted by Crippen LogP contribution is 2.32. The molecule has 2 unspecified atom stereocenters. The Hall–Kier alpha value is -1.26. The van der Waals surface area contributed by atoms with Crippen LogP contribution in [0.25, 0.3) is 0 Å². The molecule has 0 aliphatic rings. The van der Waals surface area contributed by atoms with E-state index in [0.717, 1.165) is 19.4 Å². The summed E-state index contributed by atoms with van der Waals surface area (Å²) in [5.74, 6) is 0.913. The Balaban J connectivity index is 2.76. The van der Waals surface area contributed by atoms with Crippen molar-refractivity contribution in [2.45, 2.75) is 45.7 Å². The Morgan fingerprint density at radius 1 is 1.10 bits per heavy atom. The van der Waals surface area contributed by atoms with Crippen molar-refractivity contribution in [3.05, 3.63) is 23.8 Å². The molecule has 0 saturated heterocycles. The lowest BCUT2D eigenvalue weighted by Crippen LogP contribution is -2.43. The van der Waals surface area contributed by atoms with Crippen LogP contribution < -0.4 is 5.32 Å². The molecule has 1 rings (SSSR count). The third-order valence-electron chi connectivity index (χ3n) is 4.38. The van der Waals surface area contributed by atoms with Crippen molar-refractivity contribution in [3.63, 3.8) is 0 Å². The zero-order valence-electron chi connectivity index (χ0n) is 13.9. The van der Waals surface area contributed by atoms with Gasteiger partial charge in [0, 0.05) is 18.6 Å². The van der Waals surface area contributed by atoms with E-state index < -0.39 is 0 Å². The maximum absolute atomic E-state index is 9.93. The van der Waals surface area contributed by atoms with Crippen molar-refractivity contribution < 1.29 is 10.2 Å². The van der Waals surface area contributed by atoms with Crippen LogP contribution in [0.4, 0.5) is 0 Å². The van der Waals surface area contributed by atoms with Gasteiger partial charge in [-0.2, -0.15) is 0 Å². The molecule has 0 bridgehead atoms. The van der Waals surface area contributed by atoms with Gasteiger partial charge >= 0.3 is 0 Å². The van der Waals surface area contributed by atoms with Crippen LogP contribution in [0.2, 0.25) is 0 Å². The normalized spacial score (nSPS) is 14.6. The first-order chi connectivity index (χ1) is 9.92. The van der Waals surface area contributed by atoms with Gasteiger partial charge in [-0.1, -0.05) is 32.8 Å². The average molecular weight is 294 g/mol. The molecule has 4 nitrogen and oxygen atoms in total. The monoisotopic (exact) mass is 294 g/mol. The number of phenolic OH excluding ortho intramolecular Hbond substituents is 2. The van der Waals surface area contributed by atoms with Crippen LogP contribution >= 0.6 is 0 Å². The minimum Gasteiger partial charge on any atom is -0.507 e. The summed E-state index contributed by atoms with van der Waals surface area (Å²) in [6.07, 6.45) is 2.30. The van der Waals surface area contributed by atoms with E-state index in [-0.39, 0.29) is 17.5 Å². The molecule has 0 aliphatic heterocycles. The summed E-state index contributed by atoms with van der Waals surface area (Å²) in [5.41, 5.74) is 0.569. The summed E-state index contributed by atoms with van der Waals surface area (Å²) in [4.78, 5) is 2.25. The summed E-state index contributed by atoms with van der Waals surface area (Å²) in [7, 11) is 4.21. The summed E-state index contributed by atoms with van der Waals surface area (Å²) in [6.45, 7) is 7.24. The Labute approximate surface area is 128 Å². The second-order valence-electron chi connectivity index (χ2n) is 5.95. The van der Waals surface area contributed by atoms with Gasteiger partial charge in [0.05, 0.1) is 5.56 Å². The molecule has 0 aliphatic carbocycles. The molecule has 0 spiro atoms. The molecule has 1 aromatic rings. The van der Waals surface area contributed by atoms with E-state index >= 15 is 0 Å². The predicted molar refractivity (Wildman–Crippen MR) is 87.7 cm³/mol. The van der Waals surface area contributed by atoms with Gasteiger partial charge in [0.15, 0.2) is 0 Å². The molecule has 0 heterocycles. The van der Waals surface area contributed by atoms with Crippen molar-refractivity contribution >= 4 is 0 Å². The first-order valence-electron chi connectivity index (χ1n) is 7.82. The van der Waals surface area contributed by atoms with Crippen LogP contribution in [0.1, 0.15) is 45.2 Å². The van der Waals surface area contributed by atoms with Crippen LogP contribution in [0.15, 0.2) is 18.2 Å². The summed E-state index contributed by atoms with van der Waals surface area (Å²) < 4.78 is 0. The first-order valence-corrected chi connectivity index (χ1v) is 7.82. The zero-order chi connectivity index (χ0) is 16.0. The second kappa shape index (κ2) is 8.25. The minimum absolute atomic E-state index is 0.0944. The SMILES string of the molecule is CCC(CC)C(CNC(C)c1c(O)cccc1O)N(C)C. The van der Waals surface area contributed by atoms with Gasteiger partial charge in [-0.05, 0) is 39.1 Å². The van der Waals surface area contributed by atoms with E-state index in [2.05, 4.69) is 38.2 Å². The van der Waals surface area contributed by atoms with Gasteiger partial charge in [-0.25, -0.2) is 0 Å². The summed E-state index contributed by atoms with van der Waals surface area (Å²) in [5, 5.41) is 23.3. The van der Waals surface area contributed by atoms with Gasteiger partial charge in [0.2, 0.25) is 0 Å². The quantitative estimate of drug-likeness (QED) is 0.689. The van der Waals surface area contributed by atoms with Crippen molar-refractivity contribution in [2.75, 3.05) is 20.6 Å². The third-order valence-corrected chi connectivity index (χ3v) is 4.38. The molecule has 120 valence electrons. The topological polar surface area (TPSA) is 55.7 Å². The molecule has 21 heavy (non-hydrogen) atoms. The van der Waals surface area contributed by atoms with Crippen LogP contribution in [0, 0.1) is 5.92 Å². The van der Waals surface area contributed by atoms with Crippen molar-refractivity contribution in [3.8, 4) is 11.5 Å². The molecule has 0 aromatic heterocycles. The van der Waals surface area contributed by atoms with Crippen molar-refractivity contribution in [1.29, 1.82) is 0 Å². The lowest BCUT2D eigenvalue weighted by Gasteiger charge is -2.32. The van der Waals surface area contributed by atoms with Gasteiger partial charge in [-0.3, -0.25) is 0 Å². The van der Waals surface area contributed by atoms with E-state index in [1.54, 1.807) is 18.2 Å². The molecule has 0 radical (unpaired) electrons. The van der Waals surface area contributed by atoms with Crippen LogP contribution in [-0.2, 0) is 0 Å². The fraction of sp³-hybridized carbons (Fsp3) is 0.647. The Bertz CT molecular complexity index is 411. The van der Waals surface area contributed by atoms with Gasteiger partial charge in [-0.15, -0.1) is 0 Å². The van der Waals surface area contributed by atoms with Crippen LogP contribution in [-0.4, -0.2) is 41.8 Å². The van der Waals surface area contributed by atoms with Crippen molar-refractivity contribution in [2.24, 2.45) is 5.92 Å². The standard InChI is InChI=1S/C17H30N2O2/c1-6-13(7-2)14(19(4)5)11-18-12(3)17-15(20)9-8-10-16(17)21/h8-10,12-14,18,20-21H,6-7,11H2,1-5H3. The highest BCUT2D eigenvalue weighted by atomic mass is 16.3. The van der Waals surface area contributed by atoms with E-state index in [0.29, 0.717) is 17.5 Å². The number of nitrogens with zero attached hydrogens (tertiary/aromatic N) is 1. The summed E-state index contributed by atoms with van der Waals surface area (Å²) >= 11 is 0. The molecule has 1 aromatic carbocycles. The largest absolute Gasteiger partial charge is 0.507 e. The van der Waals surface area contributed by atoms with Crippen molar-refractivity contribution in [1.82, 2.24) is 10.2 Å². The fourth-order valence-corrected chi connectivity index (χ4v) is 2.99. The number of benzene rings is 1. The molecule has 0 fully saturated rings. The Morgan fingerprint density at radius 3 is 2.05 bits per heavy atom. The number of aromatic hydroxyl groups is 2. The van der Waals surface area contributed by atoms with E-state index in [1.165, 1.54) is 0 Å². The molecule has 0 saturated carbocycles. The van der Waals surface area contributed by atoms with E-state index in [9.17, 15) is 10.2 Å². The second-order valence-corrected chi connectivity index (χ2v) is 5.95. The first kappa shape index (κ1) is 17.8.